The molecule has 0 aliphatic carbocycles. The number of pyridine rings is 1. The minimum atomic E-state index is -0.144. The minimum Gasteiger partial charge on any atom is -0.383 e. The zero-order valence-electron chi connectivity index (χ0n) is 12.3. The smallest absolute Gasteiger partial charge is 0.257 e. The maximum Gasteiger partial charge on any atom is 0.257 e. The summed E-state index contributed by atoms with van der Waals surface area (Å²) >= 11 is 3.53. The highest BCUT2D eigenvalue weighted by molar-refractivity contribution is 9.10. The molecule has 2 aromatic rings. The number of hydrogen-bond acceptors (Lipinski definition) is 3. The summed E-state index contributed by atoms with van der Waals surface area (Å²) in [4.78, 5) is 16.5. The molecule has 110 valence electrons. The molecule has 1 heterocycles. The van der Waals surface area contributed by atoms with Gasteiger partial charge in [-0.1, -0.05) is 15.9 Å². The third-order valence-corrected chi connectivity index (χ3v) is 4.38. The van der Waals surface area contributed by atoms with Crippen molar-refractivity contribution < 1.29 is 4.79 Å². The van der Waals surface area contributed by atoms with Crippen LogP contribution >= 0.6 is 15.9 Å². The fourth-order valence-corrected chi connectivity index (χ4v) is 2.37. The van der Waals surface area contributed by atoms with Crippen LogP contribution in [-0.2, 0) is 0 Å². The minimum absolute atomic E-state index is 0.144. The molecule has 0 bridgehead atoms. The lowest BCUT2D eigenvalue weighted by atomic mass is 10.1. The molecule has 5 heteroatoms. The van der Waals surface area contributed by atoms with E-state index < -0.39 is 0 Å². The van der Waals surface area contributed by atoms with E-state index in [2.05, 4.69) is 31.5 Å². The quantitative estimate of drug-likeness (QED) is 0.873. The Balaban J connectivity index is 2.26. The second-order valence-electron chi connectivity index (χ2n) is 4.83. The van der Waals surface area contributed by atoms with Crippen LogP contribution in [0.15, 0.2) is 35.1 Å². The summed E-state index contributed by atoms with van der Waals surface area (Å²) in [6, 6.07) is 5.61. The van der Waals surface area contributed by atoms with Crippen LogP contribution in [0, 0.1) is 13.8 Å². The van der Waals surface area contributed by atoms with E-state index in [0.29, 0.717) is 5.56 Å². The topological polar surface area (TPSA) is 54.0 Å². The summed E-state index contributed by atoms with van der Waals surface area (Å²) in [5.41, 5.74) is 4.30. The number of hydrogen-bond donors (Lipinski definition) is 2. The fourth-order valence-electron chi connectivity index (χ4n) is 2.14. The van der Waals surface area contributed by atoms with Gasteiger partial charge in [-0.2, -0.15) is 0 Å². The SMILES string of the molecule is CCNc1cnccc1C(=O)Nc1cc(C)c(Br)c(C)c1. The van der Waals surface area contributed by atoms with Crippen molar-refractivity contribution in [1.82, 2.24) is 4.98 Å². The molecular formula is C16H18BrN3O. The second-order valence-corrected chi connectivity index (χ2v) is 5.62. The number of carbonyl (C=O) groups excluding carboxylic acids is 1. The fraction of sp³-hybridized carbons (Fsp3) is 0.250. The summed E-state index contributed by atoms with van der Waals surface area (Å²) in [6.07, 6.45) is 3.28. The number of aryl methyl sites for hydroxylation is 2. The van der Waals surface area contributed by atoms with E-state index in [1.807, 2.05) is 32.9 Å². The van der Waals surface area contributed by atoms with Crippen LogP contribution in [0.4, 0.5) is 11.4 Å². The Morgan fingerprint density at radius 3 is 2.57 bits per heavy atom. The van der Waals surface area contributed by atoms with Crippen molar-refractivity contribution in [3.05, 3.63) is 51.8 Å². The van der Waals surface area contributed by atoms with Gasteiger partial charge in [0.25, 0.3) is 5.91 Å². The lowest BCUT2D eigenvalue weighted by Gasteiger charge is -2.12. The number of nitrogens with one attached hydrogen (secondary N) is 2. The highest BCUT2D eigenvalue weighted by Crippen LogP contribution is 2.25. The molecule has 0 atom stereocenters. The van der Waals surface area contributed by atoms with E-state index in [-0.39, 0.29) is 5.91 Å². The van der Waals surface area contributed by atoms with Gasteiger partial charge >= 0.3 is 0 Å². The number of aromatic nitrogens is 1. The predicted octanol–water partition coefficient (Wildman–Crippen LogP) is 4.15. The van der Waals surface area contributed by atoms with Crippen LogP contribution in [-0.4, -0.2) is 17.4 Å². The van der Waals surface area contributed by atoms with E-state index >= 15 is 0 Å². The number of rotatable bonds is 4. The van der Waals surface area contributed by atoms with E-state index in [0.717, 1.165) is 33.5 Å². The van der Waals surface area contributed by atoms with Crippen LogP contribution < -0.4 is 10.6 Å². The molecule has 0 fully saturated rings. The van der Waals surface area contributed by atoms with Gasteiger partial charge < -0.3 is 10.6 Å². The van der Waals surface area contributed by atoms with Gasteiger partial charge in [-0.05, 0) is 50.1 Å². The largest absolute Gasteiger partial charge is 0.383 e. The van der Waals surface area contributed by atoms with Crippen LogP contribution in [0.2, 0.25) is 0 Å². The Morgan fingerprint density at radius 2 is 1.95 bits per heavy atom. The monoisotopic (exact) mass is 347 g/mol. The third-order valence-electron chi connectivity index (χ3n) is 3.13. The summed E-state index contributed by atoms with van der Waals surface area (Å²) in [6.45, 7) is 6.73. The molecule has 0 radical (unpaired) electrons. The standard InChI is InChI=1S/C16H18BrN3O/c1-4-19-14-9-18-6-5-13(14)16(21)20-12-7-10(2)15(17)11(3)8-12/h5-9,19H,4H2,1-3H3,(H,20,21). The molecule has 1 aromatic carbocycles. The summed E-state index contributed by atoms with van der Waals surface area (Å²) in [5, 5.41) is 6.08. The first kappa shape index (κ1) is 15.5. The van der Waals surface area contributed by atoms with E-state index in [1.165, 1.54) is 0 Å². The van der Waals surface area contributed by atoms with Crippen LogP contribution in [0.25, 0.3) is 0 Å². The van der Waals surface area contributed by atoms with Crippen molar-refractivity contribution in [2.75, 3.05) is 17.2 Å². The lowest BCUT2D eigenvalue weighted by Crippen LogP contribution is -2.15. The lowest BCUT2D eigenvalue weighted by molar-refractivity contribution is 0.102. The molecule has 2 rings (SSSR count). The Kier molecular flexibility index (Phi) is 4.96. The van der Waals surface area contributed by atoms with Gasteiger partial charge in [0.15, 0.2) is 0 Å². The van der Waals surface area contributed by atoms with Crippen LogP contribution in [0.3, 0.4) is 0 Å². The normalized spacial score (nSPS) is 10.3. The zero-order valence-corrected chi connectivity index (χ0v) is 13.9. The van der Waals surface area contributed by atoms with Gasteiger partial charge in [-0.25, -0.2) is 0 Å². The summed E-state index contributed by atoms with van der Waals surface area (Å²) in [5.74, 6) is -0.144. The molecule has 0 saturated carbocycles. The van der Waals surface area contributed by atoms with E-state index in [4.69, 9.17) is 0 Å². The molecule has 0 aliphatic heterocycles. The number of anilines is 2. The first-order valence-electron chi connectivity index (χ1n) is 6.79. The van der Waals surface area contributed by atoms with Crippen LogP contribution in [0.5, 0.6) is 0 Å². The van der Waals surface area contributed by atoms with Crippen molar-refractivity contribution in [2.45, 2.75) is 20.8 Å². The highest BCUT2D eigenvalue weighted by Gasteiger charge is 2.12. The number of amides is 1. The van der Waals surface area contributed by atoms with Gasteiger partial charge in [-0.3, -0.25) is 9.78 Å². The van der Waals surface area contributed by atoms with Gasteiger partial charge in [0.2, 0.25) is 0 Å². The Bertz CT molecular complexity index is 647. The maximum atomic E-state index is 12.4. The number of halogens is 1. The van der Waals surface area contributed by atoms with Crippen LogP contribution in [0.1, 0.15) is 28.4 Å². The Morgan fingerprint density at radius 1 is 1.29 bits per heavy atom. The van der Waals surface area contributed by atoms with Crippen molar-refractivity contribution in [1.29, 1.82) is 0 Å². The van der Waals surface area contributed by atoms with Crippen molar-refractivity contribution in [2.24, 2.45) is 0 Å². The summed E-state index contributed by atoms with van der Waals surface area (Å²) < 4.78 is 1.07. The van der Waals surface area contributed by atoms with Gasteiger partial charge in [-0.15, -0.1) is 0 Å². The predicted molar refractivity (Wildman–Crippen MR) is 90.0 cm³/mol. The van der Waals surface area contributed by atoms with E-state index in [9.17, 15) is 4.79 Å². The molecule has 0 saturated heterocycles. The van der Waals surface area contributed by atoms with Crippen molar-refractivity contribution >= 4 is 33.2 Å². The highest BCUT2D eigenvalue weighted by atomic mass is 79.9. The maximum absolute atomic E-state index is 12.4. The molecule has 21 heavy (non-hydrogen) atoms. The number of benzene rings is 1. The molecule has 0 aliphatic rings. The second kappa shape index (κ2) is 6.72. The Hall–Kier alpha value is -1.88. The molecular weight excluding hydrogens is 330 g/mol. The zero-order chi connectivity index (χ0) is 15.4. The van der Waals surface area contributed by atoms with Gasteiger partial charge in [0.1, 0.15) is 0 Å². The molecule has 0 spiro atoms. The summed E-state index contributed by atoms with van der Waals surface area (Å²) in [7, 11) is 0. The first-order chi connectivity index (χ1) is 10.0. The number of nitrogens with zero attached hydrogens (tertiary/aromatic N) is 1. The molecule has 0 unspecified atom stereocenters. The van der Waals surface area contributed by atoms with Gasteiger partial charge in [0.05, 0.1) is 17.4 Å². The number of carbonyl (C=O) groups is 1. The molecule has 1 aromatic heterocycles. The van der Waals surface area contributed by atoms with Crippen molar-refractivity contribution in [3.63, 3.8) is 0 Å². The van der Waals surface area contributed by atoms with Crippen molar-refractivity contribution in [3.8, 4) is 0 Å². The molecule has 2 N–H and O–H groups in total. The third kappa shape index (κ3) is 3.61. The molecule has 4 nitrogen and oxygen atoms in total. The van der Waals surface area contributed by atoms with E-state index in [1.54, 1.807) is 18.5 Å². The van der Waals surface area contributed by atoms with Gasteiger partial charge in [0, 0.05) is 22.9 Å². The average Bonchev–Trinajstić information content (AvgIpc) is 2.45. The average molecular weight is 348 g/mol. The Labute approximate surface area is 133 Å². The molecule has 1 amide bonds. The first-order valence-corrected chi connectivity index (χ1v) is 7.58.